The Balaban J connectivity index is 2.21. The Labute approximate surface area is 134 Å². The van der Waals surface area contributed by atoms with E-state index in [0.29, 0.717) is 12.0 Å². The molecule has 2 aromatic rings. The van der Waals surface area contributed by atoms with Crippen molar-refractivity contribution in [3.63, 3.8) is 0 Å². The molecule has 1 atom stereocenters. The maximum absolute atomic E-state index is 13.7. The van der Waals surface area contributed by atoms with Crippen LogP contribution in [0.15, 0.2) is 45.3 Å². The van der Waals surface area contributed by atoms with Gasteiger partial charge in [0.1, 0.15) is 11.6 Å². The summed E-state index contributed by atoms with van der Waals surface area (Å²) in [6, 6.07) is 10.2. The van der Waals surface area contributed by atoms with Gasteiger partial charge in [0.2, 0.25) is 0 Å². The van der Waals surface area contributed by atoms with Gasteiger partial charge >= 0.3 is 0 Å². The van der Waals surface area contributed by atoms with E-state index in [1.54, 1.807) is 19.2 Å². The van der Waals surface area contributed by atoms with E-state index in [2.05, 4.69) is 31.9 Å². The molecule has 0 fully saturated rings. The molecule has 0 radical (unpaired) electrons. The molecule has 0 saturated carbocycles. The second-order valence-electron chi connectivity index (χ2n) is 4.44. The second-order valence-corrected chi connectivity index (χ2v) is 6.21. The van der Waals surface area contributed by atoms with Crippen molar-refractivity contribution in [3.05, 3.63) is 62.3 Å². The van der Waals surface area contributed by atoms with Crippen molar-refractivity contribution < 1.29 is 9.13 Å². The molecule has 0 spiro atoms. The molecular formula is C15H14Br2FNO. The summed E-state index contributed by atoms with van der Waals surface area (Å²) >= 11 is 6.77. The predicted octanol–water partition coefficient (Wildman–Crippen LogP) is 4.60. The number of halogens is 3. The molecule has 2 aromatic carbocycles. The van der Waals surface area contributed by atoms with Crippen LogP contribution in [0.4, 0.5) is 4.39 Å². The van der Waals surface area contributed by atoms with Crippen LogP contribution in [0.1, 0.15) is 17.2 Å². The molecule has 2 nitrogen and oxygen atoms in total. The van der Waals surface area contributed by atoms with Gasteiger partial charge in [0.05, 0.1) is 11.6 Å². The van der Waals surface area contributed by atoms with Crippen molar-refractivity contribution in [2.45, 2.75) is 12.5 Å². The Kier molecular flexibility index (Phi) is 5.18. The van der Waals surface area contributed by atoms with E-state index in [1.807, 2.05) is 18.2 Å². The fraction of sp³-hybridized carbons (Fsp3) is 0.200. The zero-order valence-electron chi connectivity index (χ0n) is 10.9. The summed E-state index contributed by atoms with van der Waals surface area (Å²) in [6.45, 7) is 0. The topological polar surface area (TPSA) is 35.2 Å². The van der Waals surface area contributed by atoms with E-state index in [9.17, 15) is 4.39 Å². The SMILES string of the molecule is COc1ccc(C(N)Cc2cc(Br)ccc2F)cc1Br. The van der Waals surface area contributed by atoms with Crippen LogP contribution in [0.5, 0.6) is 5.75 Å². The Morgan fingerprint density at radius 3 is 2.60 bits per heavy atom. The third kappa shape index (κ3) is 3.59. The van der Waals surface area contributed by atoms with Gasteiger partial charge in [0.15, 0.2) is 0 Å². The van der Waals surface area contributed by atoms with Crippen LogP contribution in [0, 0.1) is 5.82 Å². The Hall–Kier alpha value is -0.910. The molecule has 0 aliphatic heterocycles. The van der Waals surface area contributed by atoms with Gasteiger partial charge in [-0.25, -0.2) is 4.39 Å². The van der Waals surface area contributed by atoms with E-state index in [4.69, 9.17) is 10.5 Å². The minimum absolute atomic E-state index is 0.240. The van der Waals surface area contributed by atoms with Gasteiger partial charge < -0.3 is 10.5 Å². The highest BCUT2D eigenvalue weighted by Gasteiger charge is 2.12. The normalized spacial score (nSPS) is 12.2. The molecule has 1 unspecified atom stereocenters. The van der Waals surface area contributed by atoms with E-state index in [0.717, 1.165) is 20.3 Å². The monoisotopic (exact) mass is 401 g/mol. The van der Waals surface area contributed by atoms with Crippen LogP contribution in [0.2, 0.25) is 0 Å². The average molecular weight is 403 g/mol. The molecular weight excluding hydrogens is 389 g/mol. The lowest BCUT2D eigenvalue weighted by molar-refractivity contribution is 0.412. The number of hydrogen-bond donors (Lipinski definition) is 1. The van der Waals surface area contributed by atoms with Gasteiger partial charge in [-0.1, -0.05) is 22.0 Å². The van der Waals surface area contributed by atoms with Crippen LogP contribution in [-0.2, 0) is 6.42 Å². The third-order valence-corrected chi connectivity index (χ3v) is 4.16. The molecule has 2 N–H and O–H groups in total. The van der Waals surface area contributed by atoms with Crippen molar-refractivity contribution in [2.75, 3.05) is 7.11 Å². The lowest BCUT2D eigenvalue weighted by Crippen LogP contribution is -2.14. The molecule has 20 heavy (non-hydrogen) atoms. The van der Waals surface area contributed by atoms with Crippen LogP contribution < -0.4 is 10.5 Å². The number of nitrogens with two attached hydrogens (primary N) is 1. The van der Waals surface area contributed by atoms with Crippen molar-refractivity contribution in [1.82, 2.24) is 0 Å². The molecule has 2 rings (SSSR count). The van der Waals surface area contributed by atoms with Crippen molar-refractivity contribution in [1.29, 1.82) is 0 Å². The highest BCUT2D eigenvalue weighted by Crippen LogP contribution is 2.29. The van der Waals surface area contributed by atoms with E-state index in [1.165, 1.54) is 6.07 Å². The van der Waals surface area contributed by atoms with E-state index >= 15 is 0 Å². The summed E-state index contributed by atoms with van der Waals surface area (Å²) in [4.78, 5) is 0. The maximum Gasteiger partial charge on any atom is 0.133 e. The first-order valence-electron chi connectivity index (χ1n) is 6.04. The first kappa shape index (κ1) is 15.5. The standard InChI is InChI=1S/C15H14Br2FNO/c1-20-15-5-2-9(7-12(15)17)14(19)8-10-6-11(16)3-4-13(10)18/h2-7,14H,8,19H2,1H3. The van der Waals surface area contributed by atoms with Crippen molar-refractivity contribution in [3.8, 4) is 5.75 Å². The van der Waals surface area contributed by atoms with Crippen LogP contribution >= 0.6 is 31.9 Å². The fourth-order valence-electron chi connectivity index (χ4n) is 1.97. The smallest absolute Gasteiger partial charge is 0.133 e. The number of benzene rings is 2. The maximum atomic E-state index is 13.7. The molecule has 0 heterocycles. The van der Waals surface area contributed by atoms with Crippen molar-refractivity contribution in [2.24, 2.45) is 5.73 Å². The summed E-state index contributed by atoms with van der Waals surface area (Å²) in [6.07, 6.45) is 0.435. The van der Waals surface area contributed by atoms with Crippen LogP contribution in [-0.4, -0.2) is 7.11 Å². The van der Waals surface area contributed by atoms with Crippen LogP contribution in [0.3, 0.4) is 0 Å². The second kappa shape index (κ2) is 6.70. The molecule has 0 saturated heterocycles. The van der Waals surface area contributed by atoms with Crippen LogP contribution in [0.25, 0.3) is 0 Å². The molecule has 0 aliphatic rings. The summed E-state index contributed by atoms with van der Waals surface area (Å²) in [5.74, 6) is 0.505. The summed E-state index contributed by atoms with van der Waals surface area (Å²) in [5.41, 5.74) is 7.69. The van der Waals surface area contributed by atoms with E-state index < -0.39 is 0 Å². The first-order chi connectivity index (χ1) is 9.51. The molecule has 0 aliphatic carbocycles. The third-order valence-electron chi connectivity index (χ3n) is 3.05. The Bertz CT molecular complexity index is 619. The number of hydrogen-bond acceptors (Lipinski definition) is 2. The molecule has 0 aromatic heterocycles. The lowest BCUT2D eigenvalue weighted by atomic mass is 9.99. The predicted molar refractivity (Wildman–Crippen MR) is 85.4 cm³/mol. The Morgan fingerprint density at radius 1 is 1.20 bits per heavy atom. The highest BCUT2D eigenvalue weighted by atomic mass is 79.9. The van der Waals surface area contributed by atoms with E-state index in [-0.39, 0.29) is 11.9 Å². The fourth-order valence-corrected chi connectivity index (χ4v) is 2.93. The quantitative estimate of drug-likeness (QED) is 0.810. The highest BCUT2D eigenvalue weighted by molar-refractivity contribution is 9.10. The zero-order chi connectivity index (χ0) is 14.7. The average Bonchev–Trinajstić information content (AvgIpc) is 2.42. The minimum atomic E-state index is -0.277. The summed E-state index contributed by atoms with van der Waals surface area (Å²) < 4.78 is 20.6. The van der Waals surface area contributed by atoms with Gasteiger partial charge in [0.25, 0.3) is 0 Å². The lowest BCUT2D eigenvalue weighted by Gasteiger charge is -2.14. The van der Waals surface area contributed by atoms with Gasteiger partial charge in [-0.15, -0.1) is 0 Å². The molecule has 0 amide bonds. The largest absolute Gasteiger partial charge is 0.496 e. The van der Waals surface area contributed by atoms with Gasteiger partial charge in [-0.05, 0) is 63.8 Å². The van der Waals surface area contributed by atoms with Gasteiger partial charge in [-0.2, -0.15) is 0 Å². The first-order valence-corrected chi connectivity index (χ1v) is 7.63. The number of methoxy groups -OCH3 is 1. The molecule has 106 valence electrons. The molecule has 5 heteroatoms. The van der Waals surface area contributed by atoms with Gasteiger partial charge in [-0.3, -0.25) is 0 Å². The van der Waals surface area contributed by atoms with Gasteiger partial charge in [0, 0.05) is 10.5 Å². The Morgan fingerprint density at radius 2 is 1.95 bits per heavy atom. The number of rotatable bonds is 4. The number of ether oxygens (including phenoxy) is 1. The molecule has 0 bridgehead atoms. The summed E-state index contributed by atoms with van der Waals surface area (Å²) in [5, 5.41) is 0. The summed E-state index contributed by atoms with van der Waals surface area (Å²) in [7, 11) is 1.61. The zero-order valence-corrected chi connectivity index (χ0v) is 14.0. The van der Waals surface area contributed by atoms with Crippen molar-refractivity contribution >= 4 is 31.9 Å². The minimum Gasteiger partial charge on any atom is -0.496 e.